The summed E-state index contributed by atoms with van der Waals surface area (Å²) >= 11 is 0. The van der Waals surface area contributed by atoms with Crippen molar-refractivity contribution in [1.29, 1.82) is 0 Å². The summed E-state index contributed by atoms with van der Waals surface area (Å²) in [4.78, 5) is 35.6. The molecule has 2 aromatic carbocycles. The minimum atomic E-state index is -1.09. The second-order valence-electron chi connectivity index (χ2n) is 7.31. The predicted molar refractivity (Wildman–Crippen MR) is 119 cm³/mol. The molecule has 1 amide bonds. The van der Waals surface area contributed by atoms with Gasteiger partial charge >= 0.3 is 11.6 Å². The van der Waals surface area contributed by atoms with E-state index in [9.17, 15) is 19.5 Å². The molecule has 1 heterocycles. The molecular formula is C24H25NO7. The van der Waals surface area contributed by atoms with Crippen molar-refractivity contribution in [2.24, 2.45) is 0 Å². The Kier molecular flexibility index (Phi) is 7.14. The van der Waals surface area contributed by atoms with E-state index >= 15 is 0 Å². The van der Waals surface area contributed by atoms with E-state index in [4.69, 9.17) is 13.9 Å². The van der Waals surface area contributed by atoms with E-state index in [-0.39, 0.29) is 6.61 Å². The van der Waals surface area contributed by atoms with Crippen LogP contribution < -0.4 is 20.4 Å². The van der Waals surface area contributed by atoms with Gasteiger partial charge in [0.25, 0.3) is 5.91 Å². The first-order valence-electron chi connectivity index (χ1n) is 10.2. The Morgan fingerprint density at radius 1 is 1.16 bits per heavy atom. The lowest BCUT2D eigenvalue weighted by Gasteiger charge is -2.15. The summed E-state index contributed by atoms with van der Waals surface area (Å²) in [5, 5.41) is 12.3. The molecule has 3 aromatic rings. The number of amides is 1. The van der Waals surface area contributed by atoms with Crippen LogP contribution in [0.2, 0.25) is 0 Å². The van der Waals surface area contributed by atoms with Crippen LogP contribution in [-0.2, 0) is 9.59 Å². The van der Waals surface area contributed by atoms with Gasteiger partial charge in [0.05, 0.1) is 7.11 Å². The second-order valence-corrected chi connectivity index (χ2v) is 7.31. The van der Waals surface area contributed by atoms with Crippen molar-refractivity contribution in [2.45, 2.75) is 32.7 Å². The minimum Gasteiger partial charge on any atom is -0.497 e. The highest BCUT2D eigenvalue weighted by atomic mass is 16.5. The summed E-state index contributed by atoms with van der Waals surface area (Å²) in [6, 6.07) is 11.2. The van der Waals surface area contributed by atoms with E-state index in [1.165, 1.54) is 6.07 Å². The summed E-state index contributed by atoms with van der Waals surface area (Å²) in [6.45, 7) is 3.21. The standard InChI is InChI=1S/C24H25NO7/c1-4-5-19(24(28)29)25-21(26)13-31-20-11-10-17-18(12-22(27)32-23(17)14(20)2)15-6-8-16(30-3)9-7-15/h6-12,19H,4-5,13H2,1-3H3,(H,25,26)(H,28,29)/t19-/m1/s1. The fraction of sp³-hybridized carbons (Fsp3) is 0.292. The summed E-state index contributed by atoms with van der Waals surface area (Å²) in [5.41, 5.74) is 1.94. The summed E-state index contributed by atoms with van der Waals surface area (Å²) in [5.74, 6) is -0.561. The third kappa shape index (κ3) is 5.08. The van der Waals surface area contributed by atoms with Crippen molar-refractivity contribution >= 4 is 22.8 Å². The second kappa shape index (κ2) is 10.00. The van der Waals surface area contributed by atoms with Crippen molar-refractivity contribution in [3.8, 4) is 22.6 Å². The van der Waals surface area contributed by atoms with Crippen LogP contribution in [0.15, 0.2) is 51.7 Å². The van der Waals surface area contributed by atoms with Gasteiger partial charge in [-0.15, -0.1) is 0 Å². The molecule has 0 saturated carbocycles. The van der Waals surface area contributed by atoms with Crippen LogP contribution in [-0.4, -0.2) is 36.7 Å². The van der Waals surface area contributed by atoms with Gasteiger partial charge in [0, 0.05) is 17.0 Å². The number of nitrogens with one attached hydrogen (secondary N) is 1. The third-order valence-electron chi connectivity index (χ3n) is 5.08. The van der Waals surface area contributed by atoms with Crippen molar-refractivity contribution in [3.63, 3.8) is 0 Å². The largest absolute Gasteiger partial charge is 0.497 e. The molecule has 3 rings (SSSR count). The van der Waals surface area contributed by atoms with E-state index in [0.717, 1.165) is 10.9 Å². The van der Waals surface area contributed by atoms with E-state index in [1.807, 2.05) is 31.2 Å². The number of carbonyl (C=O) groups is 2. The summed E-state index contributed by atoms with van der Waals surface area (Å²) in [6.07, 6.45) is 0.951. The molecule has 168 valence electrons. The number of fused-ring (bicyclic) bond motifs is 1. The molecule has 1 atom stereocenters. The van der Waals surface area contributed by atoms with Crippen LogP contribution in [0.3, 0.4) is 0 Å². The Bertz CT molecular complexity index is 1180. The number of carbonyl (C=O) groups excluding carboxylic acids is 1. The van der Waals surface area contributed by atoms with Crippen LogP contribution in [0.25, 0.3) is 22.1 Å². The van der Waals surface area contributed by atoms with Crippen molar-refractivity contribution in [3.05, 3.63) is 58.4 Å². The predicted octanol–water partition coefficient (Wildman–Crippen LogP) is 3.53. The molecule has 0 unspecified atom stereocenters. The fourth-order valence-corrected chi connectivity index (χ4v) is 3.43. The highest BCUT2D eigenvalue weighted by molar-refractivity contribution is 5.95. The number of methoxy groups -OCH3 is 1. The van der Waals surface area contributed by atoms with E-state index in [0.29, 0.717) is 41.1 Å². The van der Waals surface area contributed by atoms with Gasteiger partial charge in [-0.05, 0) is 48.7 Å². The zero-order valence-electron chi connectivity index (χ0n) is 18.1. The van der Waals surface area contributed by atoms with Gasteiger partial charge in [-0.1, -0.05) is 25.5 Å². The Labute approximate surface area is 184 Å². The lowest BCUT2D eigenvalue weighted by atomic mass is 10.00. The average Bonchev–Trinajstić information content (AvgIpc) is 2.78. The number of rotatable bonds is 9. The summed E-state index contributed by atoms with van der Waals surface area (Å²) in [7, 11) is 1.58. The van der Waals surface area contributed by atoms with Crippen LogP contribution in [0.5, 0.6) is 11.5 Å². The highest BCUT2D eigenvalue weighted by Crippen LogP contribution is 2.33. The van der Waals surface area contributed by atoms with E-state index in [1.54, 1.807) is 26.2 Å². The molecule has 8 nitrogen and oxygen atoms in total. The molecule has 0 spiro atoms. The molecule has 8 heteroatoms. The van der Waals surface area contributed by atoms with Crippen molar-refractivity contribution in [1.82, 2.24) is 5.32 Å². The van der Waals surface area contributed by atoms with Crippen molar-refractivity contribution in [2.75, 3.05) is 13.7 Å². The van der Waals surface area contributed by atoms with Gasteiger partial charge in [0.15, 0.2) is 6.61 Å². The Hall–Kier alpha value is -3.81. The van der Waals surface area contributed by atoms with Crippen LogP contribution >= 0.6 is 0 Å². The first kappa shape index (κ1) is 22.9. The third-order valence-corrected chi connectivity index (χ3v) is 5.08. The van der Waals surface area contributed by atoms with E-state index < -0.39 is 23.5 Å². The van der Waals surface area contributed by atoms with Crippen LogP contribution in [0.1, 0.15) is 25.3 Å². The van der Waals surface area contributed by atoms with Gasteiger partial charge in [-0.25, -0.2) is 9.59 Å². The Morgan fingerprint density at radius 3 is 2.50 bits per heavy atom. The van der Waals surface area contributed by atoms with Gasteiger partial charge in [-0.2, -0.15) is 0 Å². The number of carboxylic acids is 1. The van der Waals surface area contributed by atoms with Crippen molar-refractivity contribution < 1.29 is 28.6 Å². The molecule has 2 N–H and O–H groups in total. The highest BCUT2D eigenvalue weighted by Gasteiger charge is 2.19. The molecule has 0 bridgehead atoms. The normalized spacial score (nSPS) is 11.7. The zero-order chi connectivity index (χ0) is 23.3. The first-order valence-corrected chi connectivity index (χ1v) is 10.2. The number of aryl methyl sites for hydroxylation is 1. The lowest BCUT2D eigenvalue weighted by molar-refractivity contribution is -0.142. The number of carboxylic acid groups (broad SMARTS) is 1. The van der Waals surface area contributed by atoms with Crippen LogP contribution in [0, 0.1) is 6.92 Å². The lowest BCUT2D eigenvalue weighted by Crippen LogP contribution is -2.42. The SMILES string of the molecule is CCC[C@@H](NC(=O)COc1ccc2c(-c3ccc(OC)cc3)cc(=O)oc2c1C)C(=O)O. The molecule has 0 saturated heterocycles. The quantitative estimate of drug-likeness (QED) is 0.490. The molecule has 0 aliphatic rings. The molecule has 32 heavy (non-hydrogen) atoms. The molecule has 0 radical (unpaired) electrons. The molecule has 0 aliphatic heterocycles. The number of aliphatic carboxylic acids is 1. The molecule has 0 fully saturated rings. The van der Waals surface area contributed by atoms with Crippen LogP contribution in [0.4, 0.5) is 0 Å². The molecule has 0 aliphatic carbocycles. The fourth-order valence-electron chi connectivity index (χ4n) is 3.43. The smallest absolute Gasteiger partial charge is 0.336 e. The summed E-state index contributed by atoms with van der Waals surface area (Å²) < 4.78 is 16.2. The Balaban J connectivity index is 1.86. The Morgan fingerprint density at radius 2 is 1.88 bits per heavy atom. The average molecular weight is 439 g/mol. The van der Waals surface area contributed by atoms with Gasteiger partial charge in [-0.3, -0.25) is 4.79 Å². The molecular weight excluding hydrogens is 414 g/mol. The van der Waals surface area contributed by atoms with Gasteiger partial charge in [0.1, 0.15) is 23.1 Å². The zero-order valence-corrected chi connectivity index (χ0v) is 18.1. The monoisotopic (exact) mass is 439 g/mol. The maximum atomic E-state index is 12.2. The first-order chi connectivity index (χ1) is 15.3. The van der Waals surface area contributed by atoms with Gasteiger partial charge < -0.3 is 24.3 Å². The minimum absolute atomic E-state index is 0.329. The maximum Gasteiger partial charge on any atom is 0.336 e. The number of ether oxygens (including phenoxy) is 2. The topological polar surface area (TPSA) is 115 Å². The molecule has 1 aromatic heterocycles. The maximum absolute atomic E-state index is 12.2. The number of hydrogen-bond acceptors (Lipinski definition) is 6. The van der Waals surface area contributed by atoms with E-state index in [2.05, 4.69) is 5.32 Å². The van der Waals surface area contributed by atoms with Gasteiger partial charge in [0.2, 0.25) is 0 Å². The number of benzene rings is 2. The number of hydrogen-bond donors (Lipinski definition) is 2.